The third-order valence-electron chi connectivity index (χ3n) is 2.07. The lowest BCUT2D eigenvalue weighted by atomic mass is 10.1. The molecule has 0 aromatic heterocycles. The minimum Gasteiger partial charge on any atom is -0.430 e. The Labute approximate surface area is 86.6 Å². The first-order valence-electron chi connectivity index (χ1n) is 4.28. The molecule has 14 heavy (non-hydrogen) atoms. The van der Waals surface area contributed by atoms with Crippen LogP contribution in [-0.4, -0.2) is 12.8 Å². The van der Waals surface area contributed by atoms with Gasteiger partial charge in [-0.25, -0.2) is 4.79 Å². The van der Waals surface area contributed by atoms with E-state index in [-0.39, 0.29) is 12.7 Å². The van der Waals surface area contributed by atoms with Gasteiger partial charge in [-0.05, 0) is 11.1 Å². The molecule has 1 unspecified atom stereocenters. The molecule has 1 aromatic carbocycles. The van der Waals surface area contributed by atoms with E-state index in [1.165, 1.54) is 0 Å². The van der Waals surface area contributed by atoms with Gasteiger partial charge >= 0.3 is 6.16 Å². The lowest BCUT2D eigenvalue weighted by molar-refractivity contribution is 0.118. The summed E-state index contributed by atoms with van der Waals surface area (Å²) in [6, 6.07) is 7.62. The van der Waals surface area contributed by atoms with Crippen molar-refractivity contribution >= 4 is 17.8 Å². The minimum absolute atomic E-state index is 0.282. The number of carbonyl (C=O) groups is 1. The Morgan fingerprint density at radius 2 is 2.36 bits per heavy atom. The number of carbonyl (C=O) groups excluding carboxylic acids is 1. The van der Waals surface area contributed by atoms with Crippen molar-refractivity contribution in [1.82, 2.24) is 0 Å². The van der Waals surface area contributed by atoms with Crippen molar-refractivity contribution in [1.29, 1.82) is 0 Å². The summed E-state index contributed by atoms with van der Waals surface area (Å²) in [5.74, 6) is 0.454. The van der Waals surface area contributed by atoms with E-state index in [0.717, 1.165) is 11.1 Å². The summed E-state index contributed by atoms with van der Waals surface area (Å²) in [7, 11) is 0. The van der Waals surface area contributed by atoms with E-state index >= 15 is 0 Å². The Balaban J connectivity index is 2.19. The topological polar surface area (TPSA) is 35.5 Å². The molecule has 1 aliphatic heterocycles. The zero-order valence-corrected chi connectivity index (χ0v) is 8.16. The Morgan fingerprint density at radius 1 is 1.50 bits per heavy atom. The molecule has 0 radical (unpaired) electrons. The van der Waals surface area contributed by atoms with Crippen molar-refractivity contribution in [3.63, 3.8) is 0 Å². The van der Waals surface area contributed by atoms with Crippen molar-refractivity contribution in [2.45, 2.75) is 12.0 Å². The molecule has 0 saturated carbocycles. The molecule has 0 spiro atoms. The smallest absolute Gasteiger partial charge is 0.430 e. The highest BCUT2D eigenvalue weighted by atomic mass is 35.5. The fourth-order valence-electron chi connectivity index (χ4n) is 1.37. The molecule has 2 rings (SSSR count). The first-order valence-corrected chi connectivity index (χ1v) is 4.81. The molecule has 0 N–H and O–H groups in total. The summed E-state index contributed by atoms with van der Waals surface area (Å²) in [6.07, 6.45) is -0.892. The van der Waals surface area contributed by atoms with Gasteiger partial charge in [0.1, 0.15) is 6.61 Å². The molecule has 3 nitrogen and oxygen atoms in total. The molecule has 1 saturated heterocycles. The lowest BCUT2D eigenvalue weighted by Gasteiger charge is -2.07. The third kappa shape index (κ3) is 1.82. The zero-order valence-electron chi connectivity index (χ0n) is 7.40. The summed E-state index contributed by atoms with van der Waals surface area (Å²) in [5.41, 5.74) is 1.93. The van der Waals surface area contributed by atoms with Crippen LogP contribution in [0.25, 0.3) is 0 Å². The van der Waals surface area contributed by atoms with Crippen LogP contribution in [0.5, 0.6) is 0 Å². The Kier molecular flexibility index (Phi) is 2.59. The molecule has 0 aliphatic carbocycles. The zero-order chi connectivity index (χ0) is 9.97. The normalized spacial score (nSPS) is 20.4. The van der Waals surface area contributed by atoms with E-state index in [9.17, 15) is 4.79 Å². The van der Waals surface area contributed by atoms with Crippen molar-refractivity contribution in [2.75, 3.05) is 6.61 Å². The average molecular weight is 213 g/mol. The van der Waals surface area contributed by atoms with E-state index in [0.29, 0.717) is 5.88 Å². The van der Waals surface area contributed by atoms with Crippen LogP contribution in [0.15, 0.2) is 24.3 Å². The molecule has 1 fully saturated rings. The largest absolute Gasteiger partial charge is 0.509 e. The molecule has 0 bridgehead atoms. The van der Waals surface area contributed by atoms with Crippen molar-refractivity contribution < 1.29 is 14.3 Å². The first kappa shape index (κ1) is 9.34. The maximum Gasteiger partial charge on any atom is 0.509 e. The second kappa shape index (κ2) is 3.88. The van der Waals surface area contributed by atoms with Crippen molar-refractivity contribution in [3.8, 4) is 0 Å². The monoisotopic (exact) mass is 212 g/mol. The van der Waals surface area contributed by atoms with Crippen LogP contribution in [0.3, 0.4) is 0 Å². The van der Waals surface area contributed by atoms with Crippen LogP contribution < -0.4 is 0 Å². The quantitative estimate of drug-likeness (QED) is 0.559. The first-order chi connectivity index (χ1) is 6.79. The maximum absolute atomic E-state index is 10.7. The SMILES string of the molecule is O=C1OCC(c2cccc(CCl)c2)O1. The summed E-state index contributed by atoms with van der Waals surface area (Å²) < 4.78 is 9.64. The highest BCUT2D eigenvalue weighted by Crippen LogP contribution is 2.24. The second-order valence-electron chi connectivity index (χ2n) is 3.05. The molecular weight excluding hydrogens is 204 g/mol. The molecule has 4 heteroatoms. The predicted octanol–water partition coefficient (Wildman–Crippen LogP) is 2.63. The van der Waals surface area contributed by atoms with Gasteiger partial charge in [0.05, 0.1) is 0 Å². The number of hydrogen-bond acceptors (Lipinski definition) is 3. The van der Waals surface area contributed by atoms with Crippen LogP contribution in [-0.2, 0) is 15.4 Å². The molecule has 74 valence electrons. The van der Waals surface area contributed by atoms with Crippen molar-refractivity contribution in [2.24, 2.45) is 0 Å². The maximum atomic E-state index is 10.7. The van der Waals surface area contributed by atoms with Crippen LogP contribution in [0.2, 0.25) is 0 Å². The average Bonchev–Trinajstić information content (AvgIpc) is 2.65. The van der Waals surface area contributed by atoms with Crippen LogP contribution >= 0.6 is 11.6 Å². The van der Waals surface area contributed by atoms with Gasteiger partial charge in [0.25, 0.3) is 0 Å². The molecular formula is C10H9ClO3. The van der Waals surface area contributed by atoms with Gasteiger partial charge in [0, 0.05) is 5.88 Å². The van der Waals surface area contributed by atoms with E-state index in [2.05, 4.69) is 0 Å². The highest BCUT2D eigenvalue weighted by molar-refractivity contribution is 6.17. The van der Waals surface area contributed by atoms with Crippen LogP contribution in [0.4, 0.5) is 4.79 Å². The van der Waals surface area contributed by atoms with Gasteiger partial charge in [0.15, 0.2) is 6.10 Å². The standard InChI is InChI=1S/C10H9ClO3/c11-5-7-2-1-3-8(4-7)9-6-13-10(12)14-9/h1-4,9H,5-6H2. The summed E-state index contributed by atoms with van der Waals surface area (Å²) in [5, 5.41) is 0. The Bertz CT molecular complexity index is 351. The van der Waals surface area contributed by atoms with Crippen LogP contribution in [0, 0.1) is 0 Å². The Hall–Kier alpha value is -1.22. The van der Waals surface area contributed by atoms with E-state index < -0.39 is 6.16 Å². The van der Waals surface area contributed by atoms with E-state index in [1.54, 1.807) is 0 Å². The second-order valence-corrected chi connectivity index (χ2v) is 3.31. The minimum atomic E-state index is -0.605. The molecule has 1 heterocycles. The number of ether oxygens (including phenoxy) is 2. The van der Waals surface area contributed by atoms with Gasteiger partial charge in [-0.2, -0.15) is 0 Å². The molecule has 1 atom stereocenters. The van der Waals surface area contributed by atoms with Gasteiger partial charge in [-0.1, -0.05) is 24.3 Å². The van der Waals surface area contributed by atoms with Gasteiger partial charge < -0.3 is 9.47 Å². The molecule has 0 amide bonds. The summed E-state index contributed by atoms with van der Waals surface area (Å²) >= 11 is 5.70. The number of hydrogen-bond donors (Lipinski definition) is 0. The number of alkyl halides is 1. The fourth-order valence-corrected chi connectivity index (χ4v) is 1.53. The van der Waals surface area contributed by atoms with E-state index in [1.807, 2.05) is 24.3 Å². The predicted molar refractivity (Wildman–Crippen MR) is 51.2 cm³/mol. The third-order valence-corrected chi connectivity index (χ3v) is 2.38. The molecule has 1 aliphatic rings. The fraction of sp³-hybridized carbons (Fsp3) is 0.300. The Morgan fingerprint density at radius 3 is 3.00 bits per heavy atom. The molecule has 1 aromatic rings. The number of halogens is 1. The van der Waals surface area contributed by atoms with Gasteiger partial charge in [0.2, 0.25) is 0 Å². The summed E-state index contributed by atoms with van der Waals surface area (Å²) in [4.78, 5) is 10.7. The lowest BCUT2D eigenvalue weighted by Crippen LogP contribution is -2.00. The number of rotatable bonds is 2. The highest BCUT2D eigenvalue weighted by Gasteiger charge is 2.26. The summed E-state index contributed by atoms with van der Waals surface area (Å²) in [6.45, 7) is 0.282. The van der Waals surface area contributed by atoms with E-state index in [4.69, 9.17) is 21.1 Å². The van der Waals surface area contributed by atoms with Gasteiger partial charge in [-0.15, -0.1) is 11.6 Å². The van der Waals surface area contributed by atoms with Gasteiger partial charge in [-0.3, -0.25) is 0 Å². The number of cyclic esters (lactones) is 2. The van der Waals surface area contributed by atoms with Crippen LogP contribution in [0.1, 0.15) is 17.2 Å². The number of benzene rings is 1. The van der Waals surface area contributed by atoms with Crippen molar-refractivity contribution in [3.05, 3.63) is 35.4 Å².